The molecule has 0 saturated carbocycles. The van der Waals surface area contributed by atoms with Crippen molar-refractivity contribution in [2.24, 2.45) is 0 Å². The van der Waals surface area contributed by atoms with Gasteiger partial charge in [-0.05, 0) is 23.3 Å². The van der Waals surface area contributed by atoms with Gasteiger partial charge in [0.15, 0.2) is 11.5 Å². The van der Waals surface area contributed by atoms with Crippen molar-refractivity contribution in [3.63, 3.8) is 0 Å². The molecule has 1 unspecified atom stereocenters. The maximum atomic E-state index is 10.4. The zero-order valence-corrected chi connectivity index (χ0v) is 10.5. The molecule has 0 radical (unpaired) electrons. The number of ether oxygens (including phenoxy) is 3. The molecule has 4 nitrogen and oxygen atoms in total. The molecule has 0 spiro atoms. The topological polar surface area (TPSA) is 47.9 Å². The summed E-state index contributed by atoms with van der Waals surface area (Å²) in [6, 6.07) is 13.0. The standard InChI is InChI=1S/C15H14O4/c1-17-12-7-11(8-13-15(12)19-9-18-13)14(16)10-5-3-2-4-6-10/h2-8,14,16H,9H2,1H3. The second kappa shape index (κ2) is 4.82. The number of methoxy groups -OCH3 is 1. The molecule has 0 saturated heterocycles. The molecule has 0 aliphatic carbocycles. The average Bonchev–Trinajstić information content (AvgIpc) is 2.94. The Morgan fingerprint density at radius 2 is 1.89 bits per heavy atom. The summed E-state index contributed by atoms with van der Waals surface area (Å²) in [4.78, 5) is 0. The zero-order valence-electron chi connectivity index (χ0n) is 10.5. The Labute approximate surface area is 111 Å². The first-order valence-electron chi connectivity index (χ1n) is 6.00. The van der Waals surface area contributed by atoms with Gasteiger partial charge in [-0.2, -0.15) is 0 Å². The second-order valence-electron chi connectivity index (χ2n) is 4.27. The highest BCUT2D eigenvalue weighted by atomic mass is 16.7. The van der Waals surface area contributed by atoms with Gasteiger partial charge in [-0.3, -0.25) is 0 Å². The molecular weight excluding hydrogens is 244 g/mol. The Bertz CT molecular complexity index is 580. The lowest BCUT2D eigenvalue weighted by Crippen LogP contribution is -2.00. The SMILES string of the molecule is COc1cc(C(O)c2ccccc2)cc2c1OCO2. The first-order chi connectivity index (χ1) is 9.29. The predicted molar refractivity (Wildman–Crippen MR) is 69.6 cm³/mol. The summed E-state index contributed by atoms with van der Waals surface area (Å²) in [7, 11) is 1.57. The summed E-state index contributed by atoms with van der Waals surface area (Å²) in [6.07, 6.45) is -0.718. The molecule has 0 aromatic heterocycles. The number of aliphatic hydroxyl groups excluding tert-OH is 1. The Morgan fingerprint density at radius 3 is 2.63 bits per heavy atom. The van der Waals surface area contributed by atoms with E-state index in [-0.39, 0.29) is 6.79 Å². The van der Waals surface area contributed by atoms with Crippen molar-refractivity contribution in [3.8, 4) is 17.2 Å². The third-order valence-electron chi connectivity index (χ3n) is 3.11. The van der Waals surface area contributed by atoms with E-state index in [4.69, 9.17) is 14.2 Å². The molecule has 2 aromatic rings. The summed E-state index contributed by atoms with van der Waals surface area (Å²) in [6.45, 7) is 0.177. The quantitative estimate of drug-likeness (QED) is 0.919. The molecule has 3 rings (SSSR count). The van der Waals surface area contributed by atoms with Crippen molar-refractivity contribution in [2.75, 3.05) is 13.9 Å². The molecule has 2 aromatic carbocycles. The predicted octanol–water partition coefficient (Wildman–Crippen LogP) is 2.51. The first kappa shape index (κ1) is 11.9. The molecule has 1 aliphatic heterocycles. The van der Waals surface area contributed by atoms with E-state index in [1.165, 1.54) is 0 Å². The summed E-state index contributed by atoms with van der Waals surface area (Å²) in [5.41, 5.74) is 1.54. The summed E-state index contributed by atoms with van der Waals surface area (Å²) < 4.78 is 16.0. The monoisotopic (exact) mass is 258 g/mol. The summed E-state index contributed by atoms with van der Waals surface area (Å²) in [5.74, 6) is 1.76. The minimum atomic E-state index is -0.718. The first-order valence-corrected chi connectivity index (χ1v) is 6.00. The largest absolute Gasteiger partial charge is 0.493 e. The van der Waals surface area contributed by atoms with Crippen LogP contribution in [0.4, 0.5) is 0 Å². The third kappa shape index (κ3) is 2.11. The van der Waals surface area contributed by atoms with Gasteiger partial charge in [-0.1, -0.05) is 30.3 Å². The van der Waals surface area contributed by atoms with Gasteiger partial charge in [0, 0.05) is 0 Å². The highest BCUT2D eigenvalue weighted by molar-refractivity contribution is 5.56. The van der Waals surface area contributed by atoms with Crippen molar-refractivity contribution in [3.05, 3.63) is 53.6 Å². The number of hydrogen-bond acceptors (Lipinski definition) is 4. The minimum absolute atomic E-state index is 0.177. The number of hydrogen-bond donors (Lipinski definition) is 1. The fraction of sp³-hybridized carbons (Fsp3) is 0.200. The highest BCUT2D eigenvalue weighted by Crippen LogP contribution is 2.43. The van der Waals surface area contributed by atoms with Crippen LogP contribution in [0.1, 0.15) is 17.2 Å². The maximum Gasteiger partial charge on any atom is 0.231 e. The Morgan fingerprint density at radius 1 is 1.11 bits per heavy atom. The van der Waals surface area contributed by atoms with Crippen molar-refractivity contribution in [2.45, 2.75) is 6.10 Å². The van der Waals surface area contributed by atoms with Gasteiger partial charge in [-0.25, -0.2) is 0 Å². The Kier molecular flexibility index (Phi) is 3.01. The van der Waals surface area contributed by atoms with Gasteiger partial charge < -0.3 is 19.3 Å². The smallest absolute Gasteiger partial charge is 0.231 e. The van der Waals surface area contributed by atoms with E-state index in [0.717, 1.165) is 5.56 Å². The van der Waals surface area contributed by atoms with Crippen LogP contribution in [-0.4, -0.2) is 19.0 Å². The van der Waals surface area contributed by atoms with Gasteiger partial charge >= 0.3 is 0 Å². The minimum Gasteiger partial charge on any atom is -0.493 e. The van der Waals surface area contributed by atoms with Gasteiger partial charge in [0.25, 0.3) is 0 Å². The normalized spacial score (nSPS) is 14.2. The van der Waals surface area contributed by atoms with Crippen molar-refractivity contribution < 1.29 is 19.3 Å². The molecule has 4 heteroatoms. The number of aliphatic hydroxyl groups is 1. The lowest BCUT2D eigenvalue weighted by atomic mass is 10.0. The van der Waals surface area contributed by atoms with Crippen LogP contribution in [0.25, 0.3) is 0 Å². The van der Waals surface area contributed by atoms with Crippen LogP contribution in [0, 0.1) is 0 Å². The van der Waals surface area contributed by atoms with Crippen LogP contribution in [-0.2, 0) is 0 Å². The molecule has 0 bridgehead atoms. The number of rotatable bonds is 3. The summed E-state index contributed by atoms with van der Waals surface area (Å²) >= 11 is 0. The molecule has 19 heavy (non-hydrogen) atoms. The number of benzene rings is 2. The zero-order chi connectivity index (χ0) is 13.2. The molecule has 0 amide bonds. The number of fused-ring (bicyclic) bond motifs is 1. The van der Waals surface area contributed by atoms with Crippen molar-refractivity contribution in [1.29, 1.82) is 0 Å². The molecule has 1 aliphatic rings. The third-order valence-corrected chi connectivity index (χ3v) is 3.11. The molecule has 1 heterocycles. The average molecular weight is 258 g/mol. The van der Waals surface area contributed by atoms with E-state index in [9.17, 15) is 5.11 Å². The van der Waals surface area contributed by atoms with E-state index < -0.39 is 6.10 Å². The van der Waals surface area contributed by atoms with Crippen molar-refractivity contribution >= 4 is 0 Å². The van der Waals surface area contributed by atoms with Gasteiger partial charge in [0.1, 0.15) is 6.10 Å². The van der Waals surface area contributed by atoms with E-state index in [1.54, 1.807) is 19.2 Å². The van der Waals surface area contributed by atoms with Crippen LogP contribution in [0.15, 0.2) is 42.5 Å². The fourth-order valence-corrected chi connectivity index (χ4v) is 2.14. The maximum absolute atomic E-state index is 10.4. The van der Waals surface area contributed by atoms with E-state index in [0.29, 0.717) is 22.8 Å². The van der Waals surface area contributed by atoms with E-state index >= 15 is 0 Å². The van der Waals surface area contributed by atoms with Crippen LogP contribution in [0.5, 0.6) is 17.2 Å². The van der Waals surface area contributed by atoms with Crippen LogP contribution < -0.4 is 14.2 Å². The van der Waals surface area contributed by atoms with E-state index in [1.807, 2.05) is 30.3 Å². The molecule has 0 fully saturated rings. The summed E-state index contributed by atoms with van der Waals surface area (Å²) in [5, 5.41) is 10.4. The second-order valence-corrected chi connectivity index (χ2v) is 4.27. The lowest BCUT2D eigenvalue weighted by molar-refractivity contribution is 0.171. The molecule has 1 atom stereocenters. The van der Waals surface area contributed by atoms with Crippen molar-refractivity contribution in [1.82, 2.24) is 0 Å². The molecule has 98 valence electrons. The Hall–Kier alpha value is -2.20. The van der Waals surface area contributed by atoms with Crippen LogP contribution in [0.2, 0.25) is 0 Å². The highest BCUT2D eigenvalue weighted by Gasteiger charge is 2.22. The molecule has 1 N–H and O–H groups in total. The lowest BCUT2D eigenvalue weighted by Gasteiger charge is -2.14. The van der Waals surface area contributed by atoms with Gasteiger partial charge in [0.05, 0.1) is 7.11 Å². The van der Waals surface area contributed by atoms with Crippen LogP contribution in [0.3, 0.4) is 0 Å². The van der Waals surface area contributed by atoms with Gasteiger partial charge in [0.2, 0.25) is 12.5 Å². The van der Waals surface area contributed by atoms with Gasteiger partial charge in [-0.15, -0.1) is 0 Å². The van der Waals surface area contributed by atoms with Crippen LogP contribution >= 0.6 is 0 Å². The molecular formula is C15H14O4. The van der Waals surface area contributed by atoms with E-state index in [2.05, 4.69) is 0 Å². The Balaban J connectivity index is 2.02. The fourth-order valence-electron chi connectivity index (χ4n) is 2.14.